The summed E-state index contributed by atoms with van der Waals surface area (Å²) < 4.78 is 0. The fraction of sp³-hybridized carbons (Fsp3) is 0.600. The molecule has 0 amide bonds. The summed E-state index contributed by atoms with van der Waals surface area (Å²) >= 11 is 18.4. The maximum Gasteiger partial charge on any atom is 0.0652 e. The molecule has 0 unspecified atom stereocenters. The van der Waals surface area contributed by atoms with Crippen molar-refractivity contribution in [1.82, 2.24) is 5.32 Å². The molecular formula is C15H20Cl3N. The molecule has 0 spiro atoms. The van der Waals surface area contributed by atoms with Crippen LogP contribution in [0.3, 0.4) is 0 Å². The van der Waals surface area contributed by atoms with Crippen LogP contribution in [-0.2, 0) is 6.54 Å². The molecule has 0 aromatic heterocycles. The molecule has 0 bridgehead atoms. The number of nitrogens with one attached hydrogen (secondary N) is 1. The fourth-order valence-electron chi connectivity index (χ4n) is 2.92. The van der Waals surface area contributed by atoms with E-state index >= 15 is 0 Å². The van der Waals surface area contributed by atoms with Crippen molar-refractivity contribution in [3.8, 4) is 0 Å². The molecule has 106 valence electrons. The van der Waals surface area contributed by atoms with E-state index in [4.69, 9.17) is 34.8 Å². The number of benzene rings is 1. The zero-order chi connectivity index (χ0) is 14.4. The van der Waals surface area contributed by atoms with Crippen molar-refractivity contribution in [1.29, 1.82) is 0 Å². The summed E-state index contributed by atoms with van der Waals surface area (Å²) in [7, 11) is 0. The Bertz CT molecular complexity index is 480. The van der Waals surface area contributed by atoms with Gasteiger partial charge in [0.1, 0.15) is 0 Å². The Morgan fingerprint density at radius 1 is 1.00 bits per heavy atom. The number of hydrogen-bond acceptors (Lipinski definition) is 1. The molecule has 1 aliphatic carbocycles. The van der Waals surface area contributed by atoms with Crippen LogP contribution in [0, 0.1) is 16.7 Å². The van der Waals surface area contributed by atoms with Crippen LogP contribution in [-0.4, -0.2) is 6.54 Å². The van der Waals surface area contributed by atoms with E-state index in [1.165, 1.54) is 0 Å². The highest BCUT2D eigenvalue weighted by atomic mass is 35.5. The van der Waals surface area contributed by atoms with Crippen LogP contribution in [0.5, 0.6) is 0 Å². The predicted molar refractivity (Wildman–Crippen MR) is 84.2 cm³/mol. The van der Waals surface area contributed by atoms with Gasteiger partial charge in [-0.2, -0.15) is 0 Å². The van der Waals surface area contributed by atoms with Gasteiger partial charge >= 0.3 is 0 Å². The van der Waals surface area contributed by atoms with Crippen LogP contribution >= 0.6 is 34.8 Å². The van der Waals surface area contributed by atoms with Gasteiger partial charge in [-0.1, -0.05) is 62.5 Å². The molecular weight excluding hydrogens is 301 g/mol. The lowest BCUT2D eigenvalue weighted by Gasteiger charge is -2.10. The molecule has 0 atom stereocenters. The van der Waals surface area contributed by atoms with Crippen molar-refractivity contribution in [2.45, 2.75) is 34.2 Å². The van der Waals surface area contributed by atoms with Gasteiger partial charge in [0, 0.05) is 17.1 Å². The van der Waals surface area contributed by atoms with Gasteiger partial charge in [0.05, 0.1) is 10.0 Å². The van der Waals surface area contributed by atoms with E-state index in [0.717, 1.165) is 12.1 Å². The Hall–Kier alpha value is 0.0500. The van der Waals surface area contributed by atoms with Gasteiger partial charge in [-0.05, 0) is 35.4 Å². The summed E-state index contributed by atoms with van der Waals surface area (Å²) in [5.41, 5.74) is 1.66. The predicted octanol–water partition coefficient (Wildman–Crippen LogP) is 5.42. The summed E-state index contributed by atoms with van der Waals surface area (Å²) in [5.74, 6) is 0.678. The molecule has 19 heavy (non-hydrogen) atoms. The summed E-state index contributed by atoms with van der Waals surface area (Å²) in [6.07, 6.45) is 0. The van der Waals surface area contributed by atoms with Crippen LogP contribution in [0.15, 0.2) is 12.1 Å². The number of halogens is 3. The van der Waals surface area contributed by atoms with E-state index in [2.05, 4.69) is 33.0 Å². The highest BCUT2D eigenvalue weighted by Crippen LogP contribution is 2.67. The minimum absolute atomic E-state index is 0.391. The molecule has 0 heterocycles. The lowest BCUT2D eigenvalue weighted by molar-refractivity contribution is 0.457. The molecule has 1 N–H and O–H groups in total. The first-order valence-corrected chi connectivity index (χ1v) is 7.66. The maximum absolute atomic E-state index is 6.19. The first-order valence-electron chi connectivity index (χ1n) is 6.52. The summed E-state index contributed by atoms with van der Waals surface area (Å²) in [4.78, 5) is 0. The second-order valence-electron chi connectivity index (χ2n) is 6.45. The van der Waals surface area contributed by atoms with Crippen molar-refractivity contribution >= 4 is 34.8 Å². The van der Waals surface area contributed by atoms with E-state index in [0.29, 0.717) is 38.4 Å². The number of hydrogen-bond donors (Lipinski definition) is 1. The molecule has 0 saturated heterocycles. The summed E-state index contributed by atoms with van der Waals surface area (Å²) in [5, 5.41) is 5.22. The Morgan fingerprint density at radius 2 is 1.53 bits per heavy atom. The molecule has 4 heteroatoms. The molecule has 1 fully saturated rings. The Balaban J connectivity index is 1.97. The van der Waals surface area contributed by atoms with E-state index < -0.39 is 0 Å². The van der Waals surface area contributed by atoms with E-state index in [1.807, 2.05) is 0 Å². The highest BCUT2D eigenvalue weighted by molar-refractivity contribution is 6.44. The van der Waals surface area contributed by atoms with Gasteiger partial charge in [-0.15, -0.1) is 0 Å². The van der Waals surface area contributed by atoms with Crippen LogP contribution < -0.4 is 5.32 Å². The third-order valence-electron chi connectivity index (χ3n) is 5.11. The third kappa shape index (κ3) is 2.63. The normalized spacial score (nSPS) is 20.6. The third-order valence-corrected chi connectivity index (χ3v) is 6.31. The largest absolute Gasteiger partial charge is 0.312 e. The smallest absolute Gasteiger partial charge is 0.0652 e. The Labute approximate surface area is 130 Å². The van der Waals surface area contributed by atoms with Gasteiger partial charge in [-0.3, -0.25) is 0 Å². The average molecular weight is 321 g/mol. The quantitative estimate of drug-likeness (QED) is 0.730. The maximum atomic E-state index is 6.19. The molecule has 0 radical (unpaired) electrons. The standard InChI is InChI=1S/C15H20Cl3N/c1-14(2)12(15(14,3)4)8-19-7-9-10(16)5-6-11(17)13(9)18/h5-6,12,19H,7-8H2,1-4H3. The van der Waals surface area contributed by atoms with Gasteiger partial charge in [-0.25, -0.2) is 0 Å². The molecule has 1 aromatic carbocycles. The van der Waals surface area contributed by atoms with Crippen molar-refractivity contribution in [2.75, 3.05) is 6.54 Å². The van der Waals surface area contributed by atoms with Gasteiger partial charge in [0.25, 0.3) is 0 Å². The van der Waals surface area contributed by atoms with Gasteiger partial charge in [0.2, 0.25) is 0 Å². The number of rotatable bonds is 4. The van der Waals surface area contributed by atoms with Crippen LogP contribution in [0.1, 0.15) is 33.3 Å². The second-order valence-corrected chi connectivity index (χ2v) is 7.64. The SMILES string of the molecule is CC1(C)C(CNCc2c(Cl)ccc(Cl)c2Cl)C1(C)C. The molecule has 1 aromatic rings. The van der Waals surface area contributed by atoms with Gasteiger partial charge in [0.15, 0.2) is 0 Å². The van der Waals surface area contributed by atoms with E-state index in [9.17, 15) is 0 Å². The van der Waals surface area contributed by atoms with Crippen molar-refractivity contribution < 1.29 is 0 Å². The van der Waals surface area contributed by atoms with Crippen LogP contribution in [0.4, 0.5) is 0 Å². The van der Waals surface area contributed by atoms with E-state index in [-0.39, 0.29) is 0 Å². The molecule has 2 rings (SSSR count). The Kier molecular flexibility index (Phi) is 4.15. The monoisotopic (exact) mass is 319 g/mol. The van der Waals surface area contributed by atoms with E-state index in [1.54, 1.807) is 12.1 Å². The van der Waals surface area contributed by atoms with Crippen molar-refractivity contribution in [2.24, 2.45) is 16.7 Å². The first kappa shape index (κ1) is 15.4. The minimum Gasteiger partial charge on any atom is -0.312 e. The summed E-state index contributed by atoms with van der Waals surface area (Å²) in [6.45, 7) is 10.9. The highest BCUT2D eigenvalue weighted by Gasteiger charge is 2.63. The average Bonchev–Trinajstić information content (AvgIpc) is 2.70. The van der Waals surface area contributed by atoms with Crippen LogP contribution in [0.25, 0.3) is 0 Å². The lowest BCUT2D eigenvalue weighted by atomic mass is 10.0. The molecule has 1 nitrogen and oxygen atoms in total. The van der Waals surface area contributed by atoms with Crippen molar-refractivity contribution in [3.05, 3.63) is 32.8 Å². The topological polar surface area (TPSA) is 12.0 Å². The second kappa shape index (κ2) is 5.11. The minimum atomic E-state index is 0.391. The zero-order valence-electron chi connectivity index (χ0n) is 11.8. The van der Waals surface area contributed by atoms with Gasteiger partial charge < -0.3 is 5.32 Å². The molecule has 0 aliphatic heterocycles. The van der Waals surface area contributed by atoms with Crippen LogP contribution in [0.2, 0.25) is 15.1 Å². The van der Waals surface area contributed by atoms with Crippen molar-refractivity contribution in [3.63, 3.8) is 0 Å². The lowest BCUT2D eigenvalue weighted by Crippen LogP contribution is -2.19. The Morgan fingerprint density at radius 3 is 2.05 bits per heavy atom. The zero-order valence-corrected chi connectivity index (χ0v) is 14.0. The molecule has 1 saturated carbocycles. The first-order chi connectivity index (χ1) is 8.69. The fourth-order valence-corrected chi connectivity index (χ4v) is 3.60. The summed E-state index contributed by atoms with van der Waals surface area (Å²) in [6, 6.07) is 3.51. The molecule has 1 aliphatic rings.